The first kappa shape index (κ1) is 20.8. The van der Waals surface area contributed by atoms with E-state index < -0.39 is 17.7 Å². The molecule has 0 atom stereocenters. The van der Waals surface area contributed by atoms with E-state index >= 15 is 0 Å². The summed E-state index contributed by atoms with van der Waals surface area (Å²) < 4.78 is 11.0. The quantitative estimate of drug-likeness (QED) is 0.584. The number of nitrogens with one attached hydrogen (secondary N) is 1. The van der Waals surface area contributed by atoms with Crippen LogP contribution in [-0.4, -0.2) is 30.9 Å². The van der Waals surface area contributed by atoms with Gasteiger partial charge in [0.2, 0.25) is 5.91 Å². The van der Waals surface area contributed by atoms with Crippen LogP contribution in [0.15, 0.2) is 42.5 Å². The Morgan fingerprint density at radius 1 is 0.964 bits per heavy atom. The molecule has 0 aliphatic heterocycles. The highest BCUT2D eigenvalue weighted by Gasteiger charge is 2.27. The van der Waals surface area contributed by atoms with Crippen molar-refractivity contribution in [2.75, 3.05) is 29.2 Å². The minimum Gasteiger partial charge on any atom is -0.490 e. The predicted molar refractivity (Wildman–Crippen MR) is 106 cm³/mol. The van der Waals surface area contributed by atoms with Crippen molar-refractivity contribution in [2.45, 2.75) is 20.8 Å². The van der Waals surface area contributed by atoms with Crippen LogP contribution in [0.2, 0.25) is 0 Å². The molecule has 0 aliphatic carbocycles. The number of amides is 3. The molecule has 2 rings (SSSR count). The lowest BCUT2D eigenvalue weighted by Gasteiger charge is -2.19. The lowest BCUT2D eigenvalue weighted by molar-refractivity contribution is -0.136. The van der Waals surface area contributed by atoms with Gasteiger partial charge in [-0.3, -0.25) is 14.4 Å². The van der Waals surface area contributed by atoms with E-state index in [2.05, 4.69) is 5.32 Å². The van der Waals surface area contributed by atoms with E-state index in [0.29, 0.717) is 36.1 Å². The topological polar surface area (TPSA) is 111 Å². The van der Waals surface area contributed by atoms with Crippen LogP contribution in [0.1, 0.15) is 20.8 Å². The van der Waals surface area contributed by atoms with E-state index in [9.17, 15) is 14.4 Å². The number of rotatable bonds is 6. The second-order valence-corrected chi connectivity index (χ2v) is 5.73. The van der Waals surface area contributed by atoms with Crippen LogP contribution in [0.4, 0.5) is 17.1 Å². The SMILES string of the molecule is CCOc1ccc(NC(=O)C(=O)N(C(C)=O)c2ccc(N)cc2)cc1OCC. The van der Waals surface area contributed by atoms with Gasteiger partial charge in [-0.15, -0.1) is 0 Å². The van der Waals surface area contributed by atoms with Crippen LogP contribution in [0, 0.1) is 0 Å². The maximum Gasteiger partial charge on any atom is 0.323 e. The fourth-order valence-corrected chi connectivity index (χ4v) is 2.48. The summed E-state index contributed by atoms with van der Waals surface area (Å²) in [6.07, 6.45) is 0. The lowest BCUT2D eigenvalue weighted by atomic mass is 10.2. The molecule has 0 radical (unpaired) electrons. The van der Waals surface area contributed by atoms with E-state index in [1.807, 2.05) is 13.8 Å². The van der Waals surface area contributed by atoms with Gasteiger partial charge in [-0.2, -0.15) is 0 Å². The number of nitrogens with zero attached hydrogens (tertiary/aromatic N) is 1. The van der Waals surface area contributed by atoms with E-state index in [1.165, 1.54) is 31.2 Å². The smallest absolute Gasteiger partial charge is 0.323 e. The number of carbonyl (C=O) groups excluding carboxylic acids is 3. The number of hydrogen-bond donors (Lipinski definition) is 2. The summed E-state index contributed by atoms with van der Waals surface area (Å²) >= 11 is 0. The second-order valence-electron chi connectivity index (χ2n) is 5.73. The Morgan fingerprint density at radius 2 is 1.57 bits per heavy atom. The molecule has 0 unspecified atom stereocenters. The van der Waals surface area contributed by atoms with Crippen LogP contribution < -0.4 is 25.4 Å². The van der Waals surface area contributed by atoms with Gasteiger partial charge in [0.1, 0.15) is 0 Å². The van der Waals surface area contributed by atoms with Gasteiger partial charge in [0.15, 0.2) is 11.5 Å². The molecule has 0 saturated carbocycles. The monoisotopic (exact) mass is 385 g/mol. The fourth-order valence-electron chi connectivity index (χ4n) is 2.48. The van der Waals surface area contributed by atoms with Crippen LogP contribution in [0.5, 0.6) is 11.5 Å². The van der Waals surface area contributed by atoms with Crippen molar-refractivity contribution >= 4 is 34.8 Å². The van der Waals surface area contributed by atoms with Crippen molar-refractivity contribution in [3.05, 3.63) is 42.5 Å². The normalized spacial score (nSPS) is 10.1. The molecule has 8 heteroatoms. The summed E-state index contributed by atoms with van der Waals surface area (Å²) in [5.41, 5.74) is 6.69. The molecule has 0 fully saturated rings. The van der Waals surface area contributed by atoms with E-state index in [-0.39, 0.29) is 5.69 Å². The highest BCUT2D eigenvalue weighted by atomic mass is 16.5. The second kappa shape index (κ2) is 9.40. The molecule has 2 aromatic carbocycles. The van der Waals surface area contributed by atoms with E-state index in [0.717, 1.165) is 4.90 Å². The molecule has 3 N–H and O–H groups in total. The highest BCUT2D eigenvalue weighted by Crippen LogP contribution is 2.30. The molecule has 0 bridgehead atoms. The number of imide groups is 1. The molecular weight excluding hydrogens is 362 g/mol. The first-order valence-electron chi connectivity index (χ1n) is 8.78. The van der Waals surface area contributed by atoms with Crippen molar-refractivity contribution in [1.82, 2.24) is 0 Å². The van der Waals surface area contributed by atoms with Crippen LogP contribution in [-0.2, 0) is 14.4 Å². The maximum absolute atomic E-state index is 12.6. The number of anilines is 3. The molecule has 0 heterocycles. The molecule has 0 saturated heterocycles. The zero-order valence-corrected chi connectivity index (χ0v) is 16.0. The zero-order valence-electron chi connectivity index (χ0n) is 16.0. The van der Waals surface area contributed by atoms with Crippen molar-refractivity contribution in [1.29, 1.82) is 0 Å². The minimum absolute atomic E-state index is 0.253. The number of nitrogen functional groups attached to an aromatic ring is 1. The first-order valence-corrected chi connectivity index (χ1v) is 8.78. The summed E-state index contributed by atoms with van der Waals surface area (Å²) in [6, 6.07) is 10.8. The van der Waals surface area contributed by atoms with E-state index in [4.69, 9.17) is 15.2 Å². The molecule has 0 spiro atoms. The molecule has 28 heavy (non-hydrogen) atoms. The van der Waals surface area contributed by atoms with Crippen LogP contribution in [0.3, 0.4) is 0 Å². The Morgan fingerprint density at radius 3 is 2.14 bits per heavy atom. The number of benzene rings is 2. The first-order chi connectivity index (χ1) is 13.4. The number of carbonyl (C=O) groups is 3. The Balaban J connectivity index is 2.22. The van der Waals surface area contributed by atoms with Crippen LogP contribution in [0.25, 0.3) is 0 Å². The standard InChI is InChI=1S/C20H23N3O5/c1-4-27-17-11-8-15(12-18(17)28-5-2)22-19(25)20(26)23(13(3)24)16-9-6-14(21)7-10-16/h6-12H,4-5,21H2,1-3H3,(H,22,25). The Hall–Kier alpha value is -3.55. The Labute approximate surface area is 163 Å². The van der Waals surface area contributed by atoms with Gasteiger partial charge in [0, 0.05) is 24.4 Å². The molecule has 2 aromatic rings. The van der Waals surface area contributed by atoms with Gasteiger partial charge < -0.3 is 20.5 Å². The van der Waals surface area contributed by atoms with Crippen molar-refractivity contribution < 1.29 is 23.9 Å². The summed E-state index contributed by atoms with van der Waals surface area (Å²) in [5.74, 6) is -1.59. The van der Waals surface area contributed by atoms with Gasteiger partial charge in [-0.1, -0.05) is 0 Å². The average Bonchev–Trinajstić information content (AvgIpc) is 2.65. The average molecular weight is 385 g/mol. The van der Waals surface area contributed by atoms with Gasteiger partial charge in [0.25, 0.3) is 0 Å². The molecule has 8 nitrogen and oxygen atoms in total. The zero-order chi connectivity index (χ0) is 20.7. The number of hydrogen-bond acceptors (Lipinski definition) is 6. The van der Waals surface area contributed by atoms with Crippen molar-refractivity contribution in [2.24, 2.45) is 0 Å². The van der Waals surface area contributed by atoms with Gasteiger partial charge in [0.05, 0.1) is 18.9 Å². The maximum atomic E-state index is 12.6. The summed E-state index contributed by atoms with van der Waals surface area (Å²) in [4.78, 5) is 37.7. The fraction of sp³-hybridized carbons (Fsp3) is 0.250. The van der Waals surface area contributed by atoms with Crippen molar-refractivity contribution in [3.8, 4) is 11.5 Å². The highest BCUT2D eigenvalue weighted by molar-refractivity contribution is 6.48. The number of nitrogens with two attached hydrogens (primary N) is 1. The molecule has 0 aromatic heterocycles. The largest absolute Gasteiger partial charge is 0.490 e. The third kappa shape index (κ3) is 5.00. The third-order valence-electron chi connectivity index (χ3n) is 3.66. The summed E-state index contributed by atoms with van der Waals surface area (Å²) in [7, 11) is 0. The Kier molecular flexibility index (Phi) is 6.97. The van der Waals surface area contributed by atoms with Gasteiger partial charge in [-0.05, 0) is 50.2 Å². The predicted octanol–water partition coefficient (Wildman–Crippen LogP) is 2.58. The minimum atomic E-state index is -1.01. The summed E-state index contributed by atoms with van der Waals surface area (Å²) in [5, 5.41) is 2.48. The van der Waals surface area contributed by atoms with Gasteiger partial charge >= 0.3 is 11.8 Å². The van der Waals surface area contributed by atoms with Gasteiger partial charge in [-0.25, -0.2) is 4.90 Å². The molecule has 3 amide bonds. The molecular formula is C20H23N3O5. The lowest BCUT2D eigenvalue weighted by Crippen LogP contribution is -2.42. The van der Waals surface area contributed by atoms with E-state index in [1.54, 1.807) is 18.2 Å². The number of ether oxygens (including phenoxy) is 2. The molecule has 0 aliphatic rings. The van der Waals surface area contributed by atoms with Crippen LogP contribution >= 0.6 is 0 Å². The third-order valence-corrected chi connectivity index (χ3v) is 3.66. The van der Waals surface area contributed by atoms with Crippen molar-refractivity contribution in [3.63, 3.8) is 0 Å². The Bertz CT molecular complexity index is 865. The summed E-state index contributed by atoms with van der Waals surface area (Å²) in [6.45, 7) is 5.73. The molecule has 148 valence electrons.